The maximum Gasteiger partial charge on any atom is 0.433 e. The van der Waals surface area contributed by atoms with Crippen LogP contribution in [0.4, 0.5) is 13.2 Å². The minimum absolute atomic E-state index is 0.0762. The molecule has 1 aromatic heterocycles. The van der Waals surface area contributed by atoms with Crippen molar-refractivity contribution in [2.75, 3.05) is 6.61 Å². The molecule has 1 aromatic rings. The smallest absolute Gasteiger partial charge is 0.433 e. The third kappa shape index (κ3) is 2.87. The van der Waals surface area contributed by atoms with Crippen LogP contribution in [0.15, 0.2) is 12.1 Å². The summed E-state index contributed by atoms with van der Waals surface area (Å²) in [5.74, 6) is 0.156. The van der Waals surface area contributed by atoms with Gasteiger partial charge in [0.15, 0.2) is 0 Å². The van der Waals surface area contributed by atoms with Gasteiger partial charge in [-0.25, -0.2) is 4.98 Å². The van der Waals surface area contributed by atoms with Crippen LogP contribution in [0.2, 0.25) is 0 Å². The number of hydrogen-bond donors (Lipinski definition) is 0. The Labute approximate surface area is 92.5 Å². The first-order chi connectivity index (χ1) is 7.36. The highest BCUT2D eigenvalue weighted by atomic mass is 19.4. The van der Waals surface area contributed by atoms with Crippen molar-refractivity contribution in [3.8, 4) is 5.88 Å². The van der Waals surface area contributed by atoms with Crippen molar-refractivity contribution in [3.05, 3.63) is 23.4 Å². The van der Waals surface area contributed by atoms with Crippen molar-refractivity contribution < 1.29 is 17.9 Å². The molecule has 0 N–H and O–H groups in total. The number of pyridine rings is 1. The molecule has 1 rings (SSSR count). The number of aromatic nitrogens is 1. The van der Waals surface area contributed by atoms with Gasteiger partial charge >= 0.3 is 6.18 Å². The second-order valence-electron chi connectivity index (χ2n) is 3.68. The molecular formula is C11H14F3NO. The summed E-state index contributed by atoms with van der Waals surface area (Å²) in [6, 6.07) is 2.41. The Hall–Kier alpha value is -1.26. The molecule has 2 nitrogen and oxygen atoms in total. The predicted octanol–water partition coefficient (Wildman–Crippen LogP) is 3.62. The van der Waals surface area contributed by atoms with Gasteiger partial charge in [-0.2, -0.15) is 13.2 Å². The van der Waals surface area contributed by atoms with Crippen molar-refractivity contribution in [2.45, 2.75) is 32.9 Å². The zero-order valence-electron chi connectivity index (χ0n) is 9.43. The molecule has 1 heterocycles. The lowest BCUT2D eigenvalue weighted by Gasteiger charge is -2.14. The van der Waals surface area contributed by atoms with Gasteiger partial charge in [0.1, 0.15) is 5.69 Å². The molecule has 16 heavy (non-hydrogen) atoms. The van der Waals surface area contributed by atoms with E-state index in [1.807, 2.05) is 13.8 Å². The van der Waals surface area contributed by atoms with Gasteiger partial charge in [0.05, 0.1) is 6.61 Å². The van der Waals surface area contributed by atoms with Crippen LogP contribution in [0.3, 0.4) is 0 Å². The quantitative estimate of drug-likeness (QED) is 0.795. The summed E-state index contributed by atoms with van der Waals surface area (Å²) in [6.07, 6.45) is -4.43. The van der Waals surface area contributed by atoms with E-state index >= 15 is 0 Å². The maximum absolute atomic E-state index is 12.4. The Morgan fingerprint density at radius 3 is 2.38 bits per heavy atom. The Morgan fingerprint density at radius 1 is 1.31 bits per heavy atom. The van der Waals surface area contributed by atoms with E-state index in [4.69, 9.17) is 4.74 Å². The molecule has 0 saturated heterocycles. The molecule has 0 spiro atoms. The molecule has 0 aliphatic rings. The highest BCUT2D eigenvalue weighted by Crippen LogP contribution is 2.32. The number of rotatable bonds is 3. The van der Waals surface area contributed by atoms with E-state index in [9.17, 15) is 13.2 Å². The first-order valence-corrected chi connectivity index (χ1v) is 5.07. The third-order valence-corrected chi connectivity index (χ3v) is 2.08. The van der Waals surface area contributed by atoms with Crippen LogP contribution in [0.1, 0.15) is 37.9 Å². The lowest BCUT2D eigenvalue weighted by Crippen LogP contribution is -2.11. The number of alkyl halides is 3. The molecular weight excluding hydrogens is 219 g/mol. The molecule has 0 saturated carbocycles. The fraction of sp³-hybridized carbons (Fsp3) is 0.545. The van der Waals surface area contributed by atoms with E-state index in [2.05, 4.69) is 4.98 Å². The number of ether oxygens (including phenoxy) is 1. The fourth-order valence-electron chi connectivity index (χ4n) is 1.30. The number of nitrogens with zero attached hydrogens (tertiary/aromatic N) is 1. The van der Waals surface area contributed by atoms with Crippen molar-refractivity contribution in [3.63, 3.8) is 0 Å². The zero-order chi connectivity index (χ0) is 12.3. The van der Waals surface area contributed by atoms with E-state index in [0.717, 1.165) is 6.07 Å². The van der Waals surface area contributed by atoms with Crippen molar-refractivity contribution >= 4 is 0 Å². The second kappa shape index (κ2) is 4.72. The van der Waals surface area contributed by atoms with Gasteiger partial charge in [-0.3, -0.25) is 0 Å². The van der Waals surface area contributed by atoms with E-state index in [0.29, 0.717) is 12.2 Å². The molecule has 0 aliphatic carbocycles. The van der Waals surface area contributed by atoms with E-state index in [1.165, 1.54) is 6.07 Å². The number of hydrogen-bond acceptors (Lipinski definition) is 2. The largest absolute Gasteiger partial charge is 0.478 e. The summed E-state index contributed by atoms with van der Waals surface area (Å²) in [7, 11) is 0. The molecule has 0 fully saturated rings. The Balaban J connectivity index is 3.17. The summed E-state index contributed by atoms with van der Waals surface area (Å²) in [5, 5.41) is 0. The lowest BCUT2D eigenvalue weighted by molar-refractivity contribution is -0.141. The standard InChI is InChI=1S/C11H14F3NO/c1-4-16-10-8(7(2)3)5-6-9(15-10)11(12,13)14/h5-7H,4H2,1-3H3. The Kier molecular flexibility index (Phi) is 3.78. The Morgan fingerprint density at radius 2 is 1.94 bits per heavy atom. The third-order valence-electron chi connectivity index (χ3n) is 2.08. The normalized spacial score (nSPS) is 11.9. The van der Waals surface area contributed by atoms with Gasteiger partial charge in [0.2, 0.25) is 5.88 Å². The Bertz CT molecular complexity index is 361. The molecule has 0 aliphatic heterocycles. The molecule has 0 bridgehead atoms. The molecule has 0 amide bonds. The van der Waals surface area contributed by atoms with E-state index in [1.54, 1.807) is 6.92 Å². The fourth-order valence-corrected chi connectivity index (χ4v) is 1.30. The average Bonchev–Trinajstić information content (AvgIpc) is 2.16. The summed E-state index contributed by atoms with van der Waals surface area (Å²) >= 11 is 0. The molecule has 5 heteroatoms. The van der Waals surface area contributed by atoms with Gasteiger partial charge < -0.3 is 4.74 Å². The monoisotopic (exact) mass is 233 g/mol. The van der Waals surface area contributed by atoms with Crippen LogP contribution in [0.5, 0.6) is 5.88 Å². The van der Waals surface area contributed by atoms with Gasteiger partial charge in [-0.05, 0) is 18.9 Å². The van der Waals surface area contributed by atoms with Crippen molar-refractivity contribution in [1.82, 2.24) is 4.98 Å². The van der Waals surface area contributed by atoms with Crippen molar-refractivity contribution in [1.29, 1.82) is 0 Å². The highest BCUT2D eigenvalue weighted by molar-refractivity contribution is 5.31. The van der Waals surface area contributed by atoms with Gasteiger partial charge in [-0.15, -0.1) is 0 Å². The minimum atomic E-state index is -4.43. The predicted molar refractivity (Wildman–Crippen MR) is 54.5 cm³/mol. The highest BCUT2D eigenvalue weighted by Gasteiger charge is 2.33. The molecule has 90 valence electrons. The van der Waals surface area contributed by atoms with Gasteiger partial charge in [0.25, 0.3) is 0 Å². The van der Waals surface area contributed by atoms with Crippen LogP contribution in [0, 0.1) is 0 Å². The topological polar surface area (TPSA) is 22.1 Å². The summed E-state index contributed by atoms with van der Waals surface area (Å²) < 4.78 is 42.4. The maximum atomic E-state index is 12.4. The minimum Gasteiger partial charge on any atom is -0.478 e. The van der Waals surface area contributed by atoms with Crippen LogP contribution in [-0.4, -0.2) is 11.6 Å². The first kappa shape index (κ1) is 12.8. The van der Waals surface area contributed by atoms with Gasteiger partial charge in [0, 0.05) is 5.56 Å². The van der Waals surface area contributed by atoms with Crippen LogP contribution in [-0.2, 0) is 6.18 Å². The van der Waals surface area contributed by atoms with Crippen LogP contribution in [0.25, 0.3) is 0 Å². The molecule has 0 atom stereocenters. The van der Waals surface area contributed by atoms with Gasteiger partial charge in [-0.1, -0.05) is 19.9 Å². The van der Waals surface area contributed by atoms with Crippen LogP contribution < -0.4 is 4.74 Å². The summed E-state index contributed by atoms with van der Waals surface area (Å²) in [5.41, 5.74) is -0.227. The second-order valence-corrected chi connectivity index (χ2v) is 3.68. The molecule has 0 aromatic carbocycles. The molecule has 0 radical (unpaired) electrons. The summed E-state index contributed by atoms with van der Waals surface area (Å²) in [6.45, 7) is 5.78. The SMILES string of the molecule is CCOc1nc(C(F)(F)F)ccc1C(C)C. The van der Waals surface area contributed by atoms with E-state index in [-0.39, 0.29) is 11.8 Å². The van der Waals surface area contributed by atoms with E-state index < -0.39 is 11.9 Å². The lowest BCUT2D eigenvalue weighted by atomic mass is 10.0. The zero-order valence-corrected chi connectivity index (χ0v) is 9.43. The first-order valence-electron chi connectivity index (χ1n) is 5.07. The molecule has 0 unspecified atom stereocenters. The average molecular weight is 233 g/mol. The summed E-state index contributed by atoms with van der Waals surface area (Å²) in [4.78, 5) is 3.51. The number of halogens is 3. The van der Waals surface area contributed by atoms with Crippen molar-refractivity contribution in [2.24, 2.45) is 0 Å². The van der Waals surface area contributed by atoms with Crippen LogP contribution >= 0.6 is 0 Å².